The summed E-state index contributed by atoms with van der Waals surface area (Å²) in [6, 6.07) is -0.559. The van der Waals surface area contributed by atoms with Crippen LogP contribution in [0, 0.1) is 0 Å². The number of carbonyl (C=O) groups is 2. The molecule has 0 aromatic heterocycles. The molecule has 0 saturated heterocycles. The Morgan fingerprint density at radius 1 is 0.466 bits per heavy atom. The molecule has 0 aliphatic carbocycles. The Labute approximate surface area is 361 Å². The van der Waals surface area contributed by atoms with Crippen molar-refractivity contribution in [2.24, 2.45) is 0 Å². The second-order valence-electron chi connectivity index (χ2n) is 17.9. The van der Waals surface area contributed by atoms with Gasteiger partial charge in [-0.15, -0.1) is 0 Å². The van der Waals surface area contributed by atoms with Gasteiger partial charge in [0.2, 0.25) is 5.91 Å². The third kappa shape index (κ3) is 44.2. The SMILES string of the molecule is CCCCCCCCCCCCCCCCCCCCC(O)C(CO)NC(=O)CCCCCCC/C=C\CCCCCOC(=O)CCCCCCCCCCCCC. The van der Waals surface area contributed by atoms with Gasteiger partial charge in [0, 0.05) is 12.8 Å². The lowest BCUT2D eigenvalue weighted by Gasteiger charge is -2.22. The van der Waals surface area contributed by atoms with E-state index in [-0.39, 0.29) is 18.5 Å². The van der Waals surface area contributed by atoms with Crippen LogP contribution in [-0.2, 0) is 14.3 Å². The first-order valence-electron chi connectivity index (χ1n) is 25.9. The van der Waals surface area contributed by atoms with Gasteiger partial charge in [0.15, 0.2) is 0 Å². The lowest BCUT2D eigenvalue weighted by Crippen LogP contribution is -2.45. The molecule has 0 heterocycles. The smallest absolute Gasteiger partial charge is 0.305 e. The van der Waals surface area contributed by atoms with E-state index in [9.17, 15) is 19.8 Å². The van der Waals surface area contributed by atoms with Gasteiger partial charge in [-0.2, -0.15) is 0 Å². The van der Waals surface area contributed by atoms with Gasteiger partial charge in [-0.1, -0.05) is 225 Å². The Hall–Kier alpha value is -1.40. The average Bonchev–Trinajstić information content (AvgIpc) is 3.22. The van der Waals surface area contributed by atoms with Gasteiger partial charge in [-0.3, -0.25) is 9.59 Å². The second kappa shape index (κ2) is 48.3. The minimum Gasteiger partial charge on any atom is -0.466 e. The van der Waals surface area contributed by atoms with Gasteiger partial charge in [-0.05, 0) is 57.8 Å². The standard InChI is InChI=1S/C52H101NO5/c1-3-5-7-9-11-13-15-16-17-18-19-20-21-25-28-32-36-40-44-50(55)49(48-54)53-51(56)45-41-37-33-29-26-22-23-27-31-35-39-43-47-58-52(57)46-42-38-34-30-24-14-12-10-8-6-4-2/h23,27,49-50,54-55H,3-22,24-26,28-48H2,1-2H3,(H,53,56)/b27-23-. The van der Waals surface area contributed by atoms with Crippen molar-refractivity contribution >= 4 is 11.9 Å². The third-order valence-corrected chi connectivity index (χ3v) is 12.1. The van der Waals surface area contributed by atoms with E-state index in [1.165, 1.54) is 173 Å². The summed E-state index contributed by atoms with van der Waals surface area (Å²) < 4.78 is 5.43. The van der Waals surface area contributed by atoms with Gasteiger partial charge in [-0.25, -0.2) is 0 Å². The first-order chi connectivity index (χ1) is 28.5. The van der Waals surface area contributed by atoms with Crippen LogP contribution in [0.3, 0.4) is 0 Å². The number of allylic oxidation sites excluding steroid dienone is 2. The largest absolute Gasteiger partial charge is 0.466 e. The fraction of sp³-hybridized carbons (Fsp3) is 0.923. The van der Waals surface area contributed by atoms with E-state index in [0.717, 1.165) is 77.0 Å². The number of aliphatic hydroxyl groups is 2. The number of esters is 1. The van der Waals surface area contributed by atoms with Crippen molar-refractivity contribution in [2.75, 3.05) is 13.2 Å². The van der Waals surface area contributed by atoms with E-state index < -0.39 is 12.1 Å². The Morgan fingerprint density at radius 3 is 1.22 bits per heavy atom. The van der Waals surface area contributed by atoms with Crippen LogP contribution >= 0.6 is 0 Å². The number of rotatable bonds is 48. The third-order valence-electron chi connectivity index (χ3n) is 12.1. The average molecular weight is 820 g/mol. The molecule has 0 aliphatic rings. The van der Waals surface area contributed by atoms with Gasteiger partial charge < -0.3 is 20.3 Å². The molecule has 0 fully saturated rings. The maximum Gasteiger partial charge on any atom is 0.305 e. The van der Waals surface area contributed by atoms with E-state index >= 15 is 0 Å². The van der Waals surface area contributed by atoms with Crippen LogP contribution in [-0.4, -0.2) is 47.4 Å². The molecular weight excluding hydrogens is 719 g/mol. The molecule has 58 heavy (non-hydrogen) atoms. The first-order valence-corrected chi connectivity index (χ1v) is 25.9. The predicted octanol–water partition coefficient (Wildman–Crippen LogP) is 15.3. The number of hydrogen-bond donors (Lipinski definition) is 3. The molecule has 3 N–H and O–H groups in total. The van der Waals surface area contributed by atoms with E-state index in [1.807, 2.05) is 0 Å². The fourth-order valence-corrected chi connectivity index (χ4v) is 8.05. The molecule has 6 nitrogen and oxygen atoms in total. The summed E-state index contributed by atoms with van der Waals surface area (Å²) in [4.78, 5) is 24.4. The lowest BCUT2D eigenvalue weighted by molar-refractivity contribution is -0.143. The van der Waals surface area contributed by atoms with Crippen LogP contribution in [0.15, 0.2) is 12.2 Å². The van der Waals surface area contributed by atoms with Crippen LogP contribution in [0.4, 0.5) is 0 Å². The molecule has 2 unspecified atom stereocenters. The Morgan fingerprint density at radius 2 is 0.810 bits per heavy atom. The van der Waals surface area contributed by atoms with E-state index in [1.54, 1.807) is 0 Å². The summed E-state index contributed by atoms with van der Waals surface area (Å²) in [5.74, 6) is -0.0813. The molecule has 0 rings (SSSR count). The second-order valence-corrected chi connectivity index (χ2v) is 17.9. The molecule has 2 atom stereocenters. The van der Waals surface area contributed by atoms with Crippen LogP contribution in [0.1, 0.15) is 284 Å². The van der Waals surface area contributed by atoms with Crippen LogP contribution in [0.2, 0.25) is 0 Å². The van der Waals surface area contributed by atoms with Crippen LogP contribution in [0.5, 0.6) is 0 Å². The monoisotopic (exact) mass is 820 g/mol. The number of nitrogens with one attached hydrogen (secondary N) is 1. The molecule has 0 bridgehead atoms. The molecule has 0 spiro atoms. The zero-order valence-electron chi connectivity index (χ0n) is 39.0. The molecule has 0 aromatic rings. The molecule has 0 aliphatic heterocycles. The molecule has 0 radical (unpaired) electrons. The number of amides is 1. The van der Waals surface area contributed by atoms with E-state index in [4.69, 9.17) is 4.74 Å². The topological polar surface area (TPSA) is 95.9 Å². The van der Waals surface area contributed by atoms with Crippen LogP contribution in [0.25, 0.3) is 0 Å². The molecule has 344 valence electrons. The van der Waals surface area contributed by atoms with Crippen molar-refractivity contribution in [2.45, 2.75) is 296 Å². The molecular formula is C52H101NO5. The van der Waals surface area contributed by atoms with Gasteiger partial charge >= 0.3 is 5.97 Å². The Kier molecular flexibility index (Phi) is 47.1. The van der Waals surface area contributed by atoms with Crippen molar-refractivity contribution < 1.29 is 24.5 Å². The molecule has 0 saturated carbocycles. The minimum atomic E-state index is -0.679. The fourth-order valence-electron chi connectivity index (χ4n) is 8.05. The van der Waals surface area contributed by atoms with Crippen molar-refractivity contribution in [3.8, 4) is 0 Å². The molecule has 0 aromatic carbocycles. The minimum absolute atomic E-state index is 0.0226. The summed E-state index contributed by atoms with van der Waals surface area (Å²) in [6.07, 6.45) is 54.7. The quantitative estimate of drug-likeness (QED) is 0.0323. The number of aliphatic hydroxyl groups excluding tert-OH is 2. The summed E-state index contributed by atoms with van der Waals surface area (Å²) in [5.41, 5.74) is 0. The summed E-state index contributed by atoms with van der Waals surface area (Å²) >= 11 is 0. The predicted molar refractivity (Wildman–Crippen MR) is 250 cm³/mol. The summed E-state index contributed by atoms with van der Waals surface area (Å²) in [7, 11) is 0. The first kappa shape index (κ1) is 56.6. The van der Waals surface area contributed by atoms with Crippen molar-refractivity contribution in [1.29, 1.82) is 0 Å². The summed E-state index contributed by atoms with van der Waals surface area (Å²) in [5, 5.41) is 23.2. The molecule has 6 heteroatoms. The number of carbonyl (C=O) groups excluding carboxylic acids is 2. The lowest BCUT2D eigenvalue weighted by atomic mass is 10.0. The highest BCUT2D eigenvalue weighted by Crippen LogP contribution is 2.17. The highest BCUT2D eigenvalue weighted by molar-refractivity contribution is 5.76. The Bertz CT molecular complexity index is 863. The maximum absolute atomic E-state index is 12.5. The van der Waals surface area contributed by atoms with Crippen molar-refractivity contribution in [3.05, 3.63) is 12.2 Å². The van der Waals surface area contributed by atoms with Gasteiger partial charge in [0.25, 0.3) is 0 Å². The zero-order chi connectivity index (χ0) is 42.3. The van der Waals surface area contributed by atoms with Gasteiger partial charge in [0.05, 0.1) is 25.4 Å². The highest BCUT2D eigenvalue weighted by Gasteiger charge is 2.20. The number of ether oxygens (including phenoxy) is 1. The van der Waals surface area contributed by atoms with Crippen molar-refractivity contribution in [1.82, 2.24) is 5.32 Å². The Balaban J connectivity index is 3.51. The molecule has 1 amide bonds. The van der Waals surface area contributed by atoms with E-state index in [0.29, 0.717) is 25.9 Å². The highest BCUT2D eigenvalue weighted by atomic mass is 16.5. The van der Waals surface area contributed by atoms with Crippen LogP contribution < -0.4 is 5.32 Å². The number of unbranched alkanes of at least 4 members (excludes halogenated alkanes) is 35. The van der Waals surface area contributed by atoms with Gasteiger partial charge in [0.1, 0.15) is 0 Å². The van der Waals surface area contributed by atoms with Crippen molar-refractivity contribution in [3.63, 3.8) is 0 Å². The van der Waals surface area contributed by atoms with E-state index in [2.05, 4.69) is 31.3 Å². The maximum atomic E-state index is 12.5. The summed E-state index contributed by atoms with van der Waals surface area (Å²) in [6.45, 7) is 4.90. The number of hydrogen-bond acceptors (Lipinski definition) is 5. The zero-order valence-corrected chi connectivity index (χ0v) is 39.0. The normalized spacial score (nSPS) is 12.7.